The highest BCUT2D eigenvalue weighted by Gasteiger charge is 2.13. The summed E-state index contributed by atoms with van der Waals surface area (Å²) in [6.07, 6.45) is 3.60. The van der Waals surface area contributed by atoms with Gasteiger partial charge >= 0.3 is 0 Å². The van der Waals surface area contributed by atoms with E-state index in [-0.39, 0.29) is 5.82 Å². The van der Waals surface area contributed by atoms with Gasteiger partial charge in [0, 0.05) is 18.0 Å². The van der Waals surface area contributed by atoms with Gasteiger partial charge in [0.1, 0.15) is 10.8 Å². The number of nitrogens with zero attached hydrogens (tertiary/aromatic N) is 6. The third kappa shape index (κ3) is 2.19. The predicted molar refractivity (Wildman–Crippen MR) is 75.4 cm³/mol. The second kappa shape index (κ2) is 4.74. The van der Waals surface area contributed by atoms with E-state index in [4.69, 9.17) is 0 Å². The highest BCUT2D eigenvalue weighted by molar-refractivity contribution is 7.16. The summed E-state index contributed by atoms with van der Waals surface area (Å²) in [5, 5.41) is 17.8. The first kappa shape index (κ1) is 12.2. The summed E-state index contributed by atoms with van der Waals surface area (Å²) in [6, 6.07) is 7.99. The van der Waals surface area contributed by atoms with E-state index in [9.17, 15) is 4.39 Å². The van der Waals surface area contributed by atoms with Crippen LogP contribution in [0.15, 0.2) is 42.7 Å². The molecule has 0 amide bonds. The van der Waals surface area contributed by atoms with Crippen LogP contribution in [0, 0.1) is 5.82 Å². The molecular formula is C13H9FN6S. The first-order valence-electron chi connectivity index (χ1n) is 6.24. The molecule has 0 aliphatic rings. The van der Waals surface area contributed by atoms with Crippen LogP contribution >= 0.6 is 11.3 Å². The molecule has 0 radical (unpaired) electrons. The minimum absolute atomic E-state index is 0.280. The maximum atomic E-state index is 13.0. The monoisotopic (exact) mass is 300 g/mol. The van der Waals surface area contributed by atoms with Gasteiger partial charge in [0.25, 0.3) is 0 Å². The molecule has 0 aliphatic carbocycles. The van der Waals surface area contributed by atoms with Gasteiger partial charge in [0.05, 0.1) is 6.54 Å². The van der Waals surface area contributed by atoms with Gasteiger partial charge in [-0.25, -0.2) is 4.39 Å². The van der Waals surface area contributed by atoms with Crippen molar-refractivity contribution in [1.82, 2.24) is 29.6 Å². The van der Waals surface area contributed by atoms with Crippen LogP contribution in [0.25, 0.3) is 16.3 Å². The number of aromatic nitrogens is 6. The van der Waals surface area contributed by atoms with Gasteiger partial charge in [-0.3, -0.25) is 4.68 Å². The summed E-state index contributed by atoms with van der Waals surface area (Å²) in [5.41, 5.74) is 0.778. The lowest BCUT2D eigenvalue weighted by Crippen LogP contribution is -2.00. The molecule has 0 saturated carbocycles. The van der Waals surface area contributed by atoms with Crippen LogP contribution in [0.1, 0.15) is 5.01 Å². The Morgan fingerprint density at radius 3 is 2.76 bits per heavy atom. The largest absolute Gasteiger partial charge is 0.266 e. The summed E-state index contributed by atoms with van der Waals surface area (Å²) < 4.78 is 16.5. The van der Waals surface area contributed by atoms with Gasteiger partial charge in [0.2, 0.25) is 4.96 Å². The van der Waals surface area contributed by atoms with E-state index in [1.54, 1.807) is 27.5 Å². The van der Waals surface area contributed by atoms with Crippen molar-refractivity contribution in [1.29, 1.82) is 0 Å². The van der Waals surface area contributed by atoms with Gasteiger partial charge in [-0.15, -0.1) is 10.2 Å². The molecule has 0 fully saturated rings. The fraction of sp³-hybridized carbons (Fsp3) is 0.0769. The van der Waals surface area contributed by atoms with E-state index in [2.05, 4.69) is 20.4 Å². The SMILES string of the molecule is Fc1ccc(-c2nnc3sc(Cn4cccn4)nn23)cc1. The van der Waals surface area contributed by atoms with Crippen LogP contribution in [-0.2, 0) is 6.54 Å². The van der Waals surface area contributed by atoms with Crippen molar-refractivity contribution in [2.75, 3.05) is 0 Å². The second-order valence-electron chi connectivity index (χ2n) is 4.42. The molecule has 1 aromatic carbocycles. The Morgan fingerprint density at radius 2 is 2.00 bits per heavy atom. The molecule has 0 bridgehead atoms. The van der Waals surface area contributed by atoms with Crippen LogP contribution in [0.5, 0.6) is 0 Å². The van der Waals surface area contributed by atoms with Crippen LogP contribution < -0.4 is 0 Å². The summed E-state index contributed by atoms with van der Waals surface area (Å²) >= 11 is 1.46. The summed E-state index contributed by atoms with van der Waals surface area (Å²) in [7, 11) is 0. The molecule has 0 atom stereocenters. The van der Waals surface area contributed by atoms with Crippen LogP contribution in [0.4, 0.5) is 4.39 Å². The number of rotatable bonds is 3. The average Bonchev–Trinajstić information content (AvgIpc) is 3.17. The van der Waals surface area contributed by atoms with Gasteiger partial charge in [-0.2, -0.15) is 14.7 Å². The van der Waals surface area contributed by atoms with Crippen molar-refractivity contribution in [2.45, 2.75) is 6.54 Å². The molecular weight excluding hydrogens is 291 g/mol. The van der Waals surface area contributed by atoms with Crippen molar-refractivity contribution in [3.63, 3.8) is 0 Å². The van der Waals surface area contributed by atoms with E-state index >= 15 is 0 Å². The fourth-order valence-corrected chi connectivity index (χ4v) is 2.86. The lowest BCUT2D eigenvalue weighted by Gasteiger charge is -1.97. The van der Waals surface area contributed by atoms with Crippen molar-refractivity contribution >= 4 is 16.3 Å². The molecule has 0 N–H and O–H groups in total. The summed E-state index contributed by atoms with van der Waals surface area (Å²) in [6.45, 7) is 0.587. The van der Waals surface area contributed by atoms with Crippen molar-refractivity contribution < 1.29 is 4.39 Å². The predicted octanol–water partition coefficient (Wildman–Crippen LogP) is 2.24. The van der Waals surface area contributed by atoms with Gasteiger partial charge < -0.3 is 0 Å². The second-order valence-corrected chi connectivity index (χ2v) is 5.46. The Balaban J connectivity index is 1.74. The fourth-order valence-electron chi connectivity index (χ4n) is 2.03. The third-order valence-electron chi connectivity index (χ3n) is 2.99. The van der Waals surface area contributed by atoms with E-state index in [1.165, 1.54) is 23.5 Å². The zero-order chi connectivity index (χ0) is 14.2. The zero-order valence-corrected chi connectivity index (χ0v) is 11.5. The van der Waals surface area contributed by atoms with Gasteiger partial charge in [-0.05, 0) is 30.3 Å². The van der Waals surface area contributed by atoms with Gasteiger partial charge in [-0.1, -0.05) is 11.3 Å². The maximum Gasteiger partial charge on any atom is 0.235 e. The smallest absolute Gasteiger partial charge is 0.235 e. The van der Waals surface area contributed by atoms with Crippen LogP contribution in [0.2, 0.25) is 0 Å². The molecule has 0 unspecified atom stereocenters. The van der Waals surface area contributed by atoms with E-state index in [0.29, 0.717) is 17.3 Å². The number of halogens is 1. The van der Waals surface area contributed by atoms with E-state index in [0.717, 1.165) is 10.6 Å². The quantitative estimate of drug-likeness (QED) is 0.582. The average molecular weight is 300 g/mol. The van der Waals surface area contributed by atoms with Crippen LogP contribution in [-0.4, -0.2) is 29.6 Å². The molecule has 6 nitrogen and oxygen atoms in total. The molecule has 104 valence electrons. The number of benzene rings is 1. The number of fused-ring (bicyclic) bond motifs is 1. The standard InChI is InChI=1S/C13H9FN6S/c14-10-4-2-9(3-5-10)12-16-17-13-20(12)18-11(21-13)8-19-7-1-6-15-19/h1-7H,8H2. The van der Waals surface area contributed by atoms with E-state index < -0.39 is 0 Å². The van der Waals surface area contributed by atoms with Crippen molar-refractivity contribution in [2.24, 2.45) is 0 Å². The van der Waals surface area contributed by atoms with E-state index in [1.807, 2.05) is 12.3 Å². The highest BCUT2D eigenvalue weighted by Crippen LogP contribution is 2.22. The third-order valence-corrected chi connectivity index (χ3v) is 3.88. The molecule has 3 heterocycles. The lowest BCUT2D eigenvalue weighted by molar-refractivity contribution is 0.628. The lowest BCUT2D eigenvalue weighted by atomic mass is 10.2. The van der Waals surface area contributed by atoms with Crippen molar-refractivity contribution in [3.8, 4) is 11.4 Å². The van der Waals surface area contributed by atoms with Crippen LogP contribution in [0.3, 0.4) is 0 Å². The summed E-state index contributed by atoms with van der Waals surface area (Å²) in [5.74, 6) is 0.324. The Hall–Kier alpha value is -2.61. The molecule has 0 saturated heterocycles. The zero-order valence-electron chi connectivity index (χ0n) is 10.7. The molecule has 3 aromatic heterocycles. The molecule has 4 rings (SSSR count). The Bertz CT molecular complexity index is 877. The number of hydrogen-bond donors (Lipinski definition) is 0. The molecule has 0 spiro atoms. The Morgan fingerprint density at radius 1 is 1.14 bits per heavy atom. The van der Waals surface area contributed by atoms with Crippen molar-refractivity contribution in [3.05, 3.63) is 53.6 Å². The minimum atomic E-state index is -0.280. The molecule has 8 heteroatoms. The maximum absolute atomic E-state index is 13.0. The normalized spacial score (nSPS) is 11.3. The molecule has 21 heavy (non-hydrogen) atoms. The number of hydrogen-bond acceptors (Lipinski definition) is 5. The first-order valence-corrected chi connectivity index (χ1v) is 7.06. The Kier molecular flexibility index (Phi) is 2.74. The molecule has 4 aromatic rings. The molecule has 0 aliphatic heterocycles. The van der Waals surface area contributed by atoms with Gasteiger partial charge in [0.15, 0.2) is 5.82 Å². The first-order chi connectivity index (χ1) is 10.3. The Labute approximate surface area is 122 Å². The minimum Gasteiger partial charge on any atom is -0.266 e. The topological polar surface area (TPSA) is 60.9 Å². The summed E-state index contributed by atoms with van der Waals surface area (Å²) in [4.78, 5) is 0.705. The highest BCUT2D eigenvalue weighted by atomic mass is 32.1.